The van der Waals surface area contributed by atoms with Gasteiger partial charge in [0.25, 0.3) is 5.91 Å². The summed E-state index contributed by atoms with van der Waals surface area (Å²) in [5.74, 6) is -1.53. The van der Waals surface area contributed by atoms with Crippen LogP contribution in [0, 0.1) is 0 Å². The standard InChI is InChI=1S/C34H31N9O5/c44-29(38-34(23-12-4-1-5-13-23,24-14-6-2-7-15-24)25-16-8-3-9-17-25)20-26(37-33(47)48)32(46)43-27(19-22-11-10-18-35-30(22)43)31(45)36-21-28-39-41-42-40-28/h1-18,26-27,37H,19-21H2,(H,36,45)(H,38,44)(H,47,48)(H,39,40,41,42). The van der Waals surface area contributed by atoms with E-state index >= 15 is 0 Å². The Hall–Kier alpha value is -6.44. The fourth-order valence-corrected chi connectivity index (χ4v) is 6.01. The van der Waals surface area contributed by atoms with E-state index < -0.39 is 47.9 Å². The lowest BCUT2D eigenvalue weighted by Crippen LogP contribution is -2.57. The van der Waals surface area contributed by atoms with E-state index in [9.17, 15) is 24.3 Å². The molecule has 2 atom stereocenters. The first kappa shape index (κ1) is 31.5. The van der Waals surface area contributed by atoms with Crippen molar-refractivity contribution in [1.82, 2.24) is 41.6 Å². The van der Waals surface area contributed by atoms with Crippen LogP contribution in [0.2, 0.25) is 0 Å². The van der Waals surface area contributed by atoms with Crippen LogP contribution in [0.1, 0.15) is 34.5 Å². The van der Waals surface area contributed by atoms with Crippen LogP contribution in [0.25, 0.3) is 0 Å². The first-order valence-electron chi connectivity index (χ1n) is 15.1. The molecule has 1 aliphatic rings. The van der Waals surface area contributed by atoms with Gasteiger partial charge in [0.1, 0.15) is 23.4 Å². The maximum absolute atomic E-state index is 14.3. The van der Waals surface area contributed by atoms with Crippen molar-refractivity contribution >= 4 is 29.6 Å². The van der Waals surface area contributed by atoms with Gasteiger partial charge in [-0.05, 0) is 28.3 Å². The molecule has 3 aromatic carbocycles. The van der Waals surface area contributed by atoms with E-state index in [0.717, 1.165) is 21.6 Å². The molecule has 0 spiro atoms. The number of carboxylic acid groups (broad SMARTS) is 1. The van der Waals surface area contributed by atoms with E-state index in [1.165, 1.54) is 6.20 Å². The van der Waals surface area contributed by atoms with Gasteiger partial charge in [-0.1, -0.05) is 102 Å². The highest BCUT2D eigenvalue weighted by Crippen LogP contribution is 2.37. The van der Waals surface area contributed by atoms with Crippen LogP contribution in [0.3, 0.4) is 0 Å². The maximum Gasteiger partial charge on any atom is 0.405 e. The van der Waals surface area contributed by atoms with Crippen molar-refractivity contribution in [1.29, 1.82) is 0 Å². The SMILES string of the molecule is O=C(O)NC(CC(=O)NC(c1ccccc1)(c1ccccc1)c1ccccc1)C(=O)N1c2ncccc2CC1C(=O)NCc1nn[nH]n1. The molecule has 14 heteroatoms. The summed E-state index contributed by atoms with van der Waals surface area (Å²) in [7, 11) is 0. The largest absolute Gasteiger partial charge is 0.465 e. The fraction of sp³-hybridized carbons (Fsp3) is 0.176. The van der Waals surface area contributed by atoms with Gasteiger partial charge in [0.2, 0.25) is 11.8 Å². The minimum absolute atomic E-state index is 0.0581. The second kappa shape index (κ2) is 13.9. The zero-order chi connectivity index (χ0) is 33.5. The summed E-state index contributed by atoms with van der Waals surface area (Å²) in [5.41, 5.74) is 1.67. The molecule has 0 bridgehead atoms. The lowest BCUT2D eigenvalue weighted by atomic mass is 9.77. The molecular formula is C34H31N9O5. The number of nitrogens with one attached hydrogen (secondary N) is 4. The van der Waals surface area contributed by atoms with Crippen molar-refractivity contribution in [2.75, 3.05) is 4.90 Å². The monoisotopic (exact) mass is 645 g/mol. The molecule has 5 aromatic rings. The van der Waals surface area contributed by atoms with E-state index in [2.05, 4.69) is 41.6 Å². The van der Waals surface area contributed by atoms with Crippen molar-refractivity contribution < 1.29 is 24.3 Å². The Balaban J connectivity index is 1.33. The van der Waals surface area contributed by atoms with Crippen molar-refractivity contribution in [2.24, 2.45) is 0 Å². The Morgan fingerprint density at radius 1 is 0.875 bits per heavy atom. The number of amides is 4. The zero-order valence-corrected chi connectivity index (χ0v) is 25.5. The number of rotatable bonds is 11. The molecule has 0 fully saturated rings. The van der Waals surface area contributed by atoms with E-state index in [0.29, 0.717) is 5.56 Å². The number of nitrogens with zero attached hydrogens (tertiary/aromatic N) is 5. The van der Waals surface area contributed by atoms with Gasteiger partial charge in [-0.2, -0.15) is 5.21 Å². The van der Waals surface area contributed by atoms with Crippen LogP contribution in [0.15, 0.2) is 109 Å². The van der Waals surface area contributed by atoms with Gasteiger partial charge in [-0.3, -0.25) is 19.3 Å². The number of fused-ring (bicyclic) bond motifs is 1. The van der Waals surface area contributed by atoms with Crippen LogP contribution >= 0.6 is 0 Å². The topological polar surface area (TPSA) is 195 Å². The van der Waals surface area contributed by atoms with Gasteiger partial charge in [-0.15, -0.1) is 10.2 Å². The van der Waals surface area contributed by atoms with Gasteiger partial charge < -0.3 is 21.1 Å². The van der Waals surface area contributed by atoms with E-state index in [4.69, 9.17) is 0 Å². The normalized spacial score (nSPS) is 14.4. The van der Waals surface area contributed by atoms with Crippen LogP contribution in [-0.4, -0.2) is 66.6 Å². The molecule has 6 rings (SSSR count). The van der Waals surface area contributed by atoms with Gasteiger partial charge >= 0.3 is 6.09 Å². The maximum atomic E-state index is 14.3. The molecule has 14 nitrogen and oxygen atoms in total. The minimum Gasteiger partial charge on any atom is -0.465 e. The number of H-pyrrole nitrogens is 1. The average Bonchev–Trinajstić information content (AvgIpc) is 3.78. The van der Waals surface area contributed by atoms with E-state index in [1.54, 1.807) is 12.1 Å². The summed E-state index contributed by atoms with van der Waals surface area (Å²) < 4.78 is 0. The molecule has 2 unspecified atom stereocenters. The molecule has 2 aromatic heterocycles. The van der Waals surface area contributed by atoms with E-state index in [1.807, 2.05) is 91.0 Å². The van der Waals surface area contributed by atoms with Gasteiger partial charge in [0.15, 0.2) is 5.82 Å². The lowest BCUT2D eigenvalue weighted by molar-refractivity contribution is -0.129. The predicted molar refractivity (Wildman–Crippen MR) is 172 cm³/mol. The summed E-state index contributed by atoms with van der Waals surface area (Å²) in [6.45, 7) is -0.0581. The van der Waals surface area contributed by atoms with Crippen molar-refractivity contribution in [3.05, 3.63) is 137 Å². The molecular weight excluding hydrogens is 614 g/mol. The van der Waals surface area contributed by atoms with Crippen molar-refractivity contribution in [3.63, 3.8) is 0 Å². The molecule has 5 N–H and O–H groups in total. The molecule has 3 heterocycles. The Morgan fingerprint density at radius 3 is 2.02 bits per heavy atom. The first-order chi connectivity index (χ1) is 23.4. The summed E-state index contributed by atoms with van der Waals surface area (Å²) in [6.07, 6.45) is -0.494. The second-order valence-electron chi connectivity index (χ2n) is 11.1. The highest BCUT2D eigenvalue weighted by molar-refractivity contribution is 6.07. The highest BCUT2D eigenvalue weighted by atomic mass is 16.4. The summed E-state index contributed by atoms with van der Waals surface area (Å²) in [6, 6.07) is 28.9. The predicted octanol–water partition coefficient (Wildman–Crippen LogP) is 2.30. The fourth-order valence-electron chi connectivity index (χ4n) is 6.01. The molecule has 0 radical (unpaired) electrons. The number of aromatic amines is 1. The minimum atomic E-state index is -1.57. The third-order valence-electron chi connectivity index (χ3n) is 8.10. The summed E-state index contributed by atoms with van der Waals surface area (Å²) >= 11 is 0. The number of aromatic nitrogens is 5. The van der Waals surface area contributed by atoms with Gasteiger partial charge in [0.05, 0.1) is 13.0 Å². The van der Waals surface area contributed by atoms with Gasteiger partial charge in [-0.25, -0.2) is 9.78 Å². The van der Waals surface area contributed by atoms with Crippen LogP contribution < -0.4 is 20.9 Å². The van der Waals surface area contributed by atoms with Crippen molar-refractivity contribution in [3.8, 4) is 0 Å². The summed E-state index contributed by atoms with van der Waals surface area (Å²) in [4.78, 5) is 59.3. The number of hydrogen-bond acceptors (Lipinski definition) is 8. The third kappa shape index (κ3) is 6.44. The van der Waals surface area contributed by atoms with Gasteiger partial charge in [0, 0.05) is 12.6 Å². The Bertz CT molecular complexity index is 1790. The number of carbonyl (C=O) groups is 4. The molecule has 0 aliphatic carbocycles. The highest BCUT2D eigenvalue weighted by Gasteiger charge is 2.44. The molecule has 242 valence electrons. The Morgan fingerprint density at radius 2 is 1.48 bits per heavy atom. The number of pyridine rings is 1. The van der Waals surface area contributed by atoms with E-state index in [-0.39, 0.29) is 24.6 Å². The number of tetrazole rings is 1. The molecule has 48 heavy (non-hydrogen) atoms. The average molecular weight is 646 g/mol. The Labute approximate surface area is 274 Å². The number of anilines is 1. The zero-order valence-electron chi connectivity index (χ0n) is 25.5. The number of benzene rings is 3. The van der Waals surface area contributed by atoms with Crippen molar-refractivity contribution in [2.45, 2.75) is 37.0 Å². The van der Waals surface area contributed by atoms with Crippen LogP contribution in [-0.2, 0) is 32.9 Å². The number of hydrogen-bond donors (Lipinski definition) is 5. The summed E-state index contributed by atoms with van der Waals surface area (Å²) in [5, 5.41) is 31.3. The molecule has 1 aliphatic heterocycles. The molecule has 0 saturated carbocycles. The first-order valence-corrected chi connectivity index (χ1v) is 15.1. The van der Waals surface area contributed by atoms with Crippen LogP contribution in [0.4, 0.5) is 10.6 Å². The number of carbonyl (C=O) groups excluding carboxylic acids is 3. The van der Waals surface area contributed by atoms with Crippen LogP contribution in [0.5, 0.6) is 0 Å². The molecule has 4 amide bonds. The smallest absolute Gasteiger partial charge is 0.405 e. The quantitative estimate of drug-likeness (QED) is 0.134. The molecule has 0 saturated heterocycles. The second-order valence-corrected chi connectivity index (χ2v) is 11.1. The lowest BCUT2D eigenvalue weighted by Gasteiger charge is -2.37. The third-order valence-corrected chi connectivity index (χ3v) is 8.10. The Kier molecular flexibility index (Phi) is 9.14.